The van der Waals surface area contributed by atoms with Crippen LogP contribution in [0.3, 0.4) is 0 Å². The zero-order chi connectivity index (χ0) is 12.7. The number of carbonyl (C=O) groups excluding carboxylic acids is 2. The average molecular weight is 306 g/mol. The van der Waals surface area contributed by atoms with E-state index in [0.717, 1.165) is 12.8 Å². The molecule has 4 heteroatoms. The van der Waals surface area contributed by atoms with E-state index in [-0.39, 0.29) is 22.7 Å². The molecule has 1 aliphatic carbocycles. The fourth-order valence-electron chi connectivity index (χ4n) is 2.54. The summed E-state index contributed by atoms with van der Waals surface area (Å²) in [4.78, 5) is 26.2. The van der Waals surface area contributed by atoms with Crippen molar-refractivity contribution >= 4 is 27.7 Å². The van der Waals surface area contributed by atoms with Gasteiger partial charge in [0.25, 0.3) is 11.8 Å². The molecular formula is C14H12BrNO2. The van der Waals surface area contributed by atoms with E-state index in [1.165, 1.54) is 4.90 Å². The summed E-state index contributed by atoms with van der Waals surface area (Å²) in [7, 11) is 0. The van der Waals surface area contributed by atoms with Gasteiger partial charge in [-0.1, -0.05) is 40.2 Å². The molecule has 3 rings (SSSR count). The molecule has 2 atom stereocenters. The van der Waals surface area contributed by atoms with Gasteiger partial charge in [0.2, 0.25) is 0 Å². The molecule has 3 nitrogen and oxygen atoms in total. The fourth-order valence-corrected chi connectivity index (χ4v) is 3.21. The van der Waals surface area contributed by atoms with Crippen LogP contribution < -0.4 is 0 Å². The monoisotopic (exact) mass is 305 g/mol. The molecule has 0 unspecified atom stereocenters. The lowest BCUT2D eigenvalue weighted by molar-refractivity contribution is 0.0581. The number of nitrogens with zero attached hydrogens (tertiary/aromatic N) is 1. The standard InChI is InChI=1S/C14H12BrNO2/c15-11-7-3-4-8-12(11)16-13(17)9-5-1-2-6-10(9)14(16)18/h1-6,11-12H,7-8H2/t11-,12-/m0/s1. The van der Waals surface area contributed by atoms with Crippen molar-refractivity contribution in [2.24, 2.45) is 0 Å². The maximum absolute atomic E-state index is 12.3. The number of halogens is 1. The lowest BCUT2D eigenvalue weighted by Crippen LogP contribution is -2.45. The van der Waals surface area contributed by atoms with Gasteiger partial charge in [0.05, 0.1) is 17.2 Å². The molecule has 0 radical (unpaired) electrons. The number of benzene rings is 1. The number of allylic oxidation sites excluding steroid dienone is 1. The van der Waals surface area contributed by atoms with Gasteiger partial charge >= 0.3 is 0 Å². The van der Waals surface area contributed by atoms with E-state index in [1.807, 2.05) is 6.08 Å². The lowest BCUT2D eigenvalue weighted by atomic mass is 10.0. The molecule has 1 aromatic rings. The van der Waals surface area contributed by atoms with Gasteiger partial charge in [0, 0.05) is 4.83 Å². The summed E-state index contributed by atoms with van der Waals surface area (Å²) in [5.41, 5.74) is 1.05. The molecule has 2 aliphatic rings. The highest BCUT2D eigenvalue weighted by molar-refractivity contribution is 9.09. The highest BCUT2D eigenvalue weighted by Crippen LogP contribution is 2.31. The van der Waals surface area contributed by atoms with Crippen LogP contribution in [0.25, 0.3) is 0 Å². The first-order valence-electron chi connectivity index (χ1n) is 5.96. The van der Waals surface area contributed by atoms with Crippen molar-refractivity contribution in [2.75, 3.05) is 0 Å². The second-order valence-electron chi connectivity index (χ2n) is 4.55. The highest BCUT2D eigenvalue weighted by Gasteiger charge is 2.41. The Morgan fingerprint density at radius 2 is 1.56 bits per heavy atom. The Morgan fingerprint density at radius 3 is 2.11 bits per heavy atom. The Balaban J connectivity index is 1.99. The Morgan fingerprint density at radius 1 is 1.00 bits per heavy atom. The van der Waals surface area contributed by atoms with Crippen molar-refractivity contribution in [2.45, 2.75) is 23.7 Å². The first kappa shape index (κ1) is 11.7. The number of amides is 2. The van der Waals surface area contributed by atoms with Gasteiger partial charge in [0.15, 0.2) is 0 Å². The zero-order valence-corrected chi connectivity index (χ0v) is 11.3. The van der Waals surface area contributed by atoms with Crippen molar-refractivity contribution in [1.82, 2.24) is 4.90 Å². The Kier molecular flexibility index (Phi) is 2.82. The summed E-state index contributed by atoms with van der Waals surface area (Å²) in [5, 5.41) is 0. The normalized spacial score (nSPS) is 26.6. The first-order chi connectivity index (χ1) is 8.70. The number of hydrogen-bond donors (Lipinski definition) is 0. The molecule has 2 amide bonds. The molecule has 1 heterocycles. The minimum Gasteiger partial charge on any atom is -0.270 e. The van der Waals surface area contributed by atoms with Gasteiger partial charge < -0.3 is 0 Å². The predicted octanol–water partition coefficient (Wildman–Crippen LogP) is 2.76. The van der Waals surface area contributed by atoms with Crippen LogP contribution in [-0.2, 0) is 0 Å². The largest absolute Gasteiger partial charge is 0.270 e. The number of rotatable bonds is 1. The molecule has 0 aromatic heterocycles. The van der Waals surface area contributed by atoms with Gasteiger partial charge in [-0.15, -0.1) is 0 Å². The quantitative estimate of drug-likeness (QED) is 0.454. The predicted molar refractivity (Wildman–Crippen MR) is 71.8 cm³/mol. The number of alkyl halides is 1. The lowest BCUT2D eigenvalue weighted by Gasteiger charge is -2.31. The summed E-state index contributed by atoms with van der Waals surface area (Å²) < 4.78 is 0. The van der Waals surface area contributed by atoms with Crippen molar-refractivity contribution in [3.05, 3.63) is 47.5 Å². The van der Waals surface area contributed by atoms with Crippen LogP contribution in [0.4, 0.5) is 0 Å². The molecule has 0 bridgehead atoms. The summed E-state index contributed by atoms with van der Waals surface area (Å²) in [6, 6.07) is 6.94. The summed E-state index contributed by atoms with van der Waals surface area (Å²) in [6.07, 6.45) is 5.68. The number of hydrogen-bond acceptors (Lipinski definition) is 2. The van der Waals surface area contributed by atoms with Crippen LogP contribution in [0.2, 0.25) is 0 Å². The van der Waals surface area contributed by atoms with E-state index in [9.17, 15) is 9.59 Å². The van der Waals surface area contributed by atoms with Crippen LogP contribution in [0.5, 0.6) is 0 Å². The van der Waals surface area contributed by atoms with Crippen molar-refractivity contribution < 1.29 is 9.59 Å². The third-order valence-corrected chi connectivity index (χ3v) is 4.46. The number of fused-ring (bicyclic) bond motifs is 1. The second-order valence-corrected chi connectivity index (χ2v) is 5.73. The third kappa shape index (κ3) is 1.63. The zero-order valence-electron chi connectivity index (χ0n) is 9.67. The molecule has 0 saturated carbocycles. The molecule has 92 valence electrons. The average Bonchev–Trinajstić information content (AvgIpc) is 2.64. The van der Waals surface area contributed by atoms with E-state index in [2.05, 4.69) is 22.0 Å². The van der Waals surface area contributed by atoms with E-state index < -0.39 is 0 Å². The molecule has 0 saturated heterocycles. The van der Waals surface area contributed by atoms with Gasteiger partial charge in [-0.2, -0.15) is 0 Å². The Labute approximate surface area is 114 Å². The van der Waals surface area contributed by atoms with E-state index in [0.29, 0.717) is 11.1 Å². The maximum atomic E-state index is 12.3. The van der Waals surface area contributed by atoms with Crippen LogP contribution >= 0.6 is 15.9 Å². The SMILES string of the molecule is O=C1c2ccccc2C(=O)N1[C@H]1CC=CC[C@@H]1Br. The molecule has 0 spiro atoms. The molecule has 18 heavy (non-hydrogen) atoms. The molecular weight excluding hydrogens is 294 g/mol. The number of imide groups is 1. The van der Waals surface area contributed by atoms with Gasteiger partial charge in [0.1, 0.15) is 0 Å². The summed E-state index contributed by atoms with van der Waals surface area (Å²) in [6.45, 7) is 0. The van der Waals surface area contributed by atoms with Crippen LogP contribution in [0.1, 0.15) is 33.6 Å². The molecule has 0 fully saturated rings. The molecule has 0 N–H and O–H groups in total. The smallest absolute Gasteiger partial charge is 0.261 e. The number of carbonyl (C=O) groups is 2. The fraction of sp³-hybridized carbons (Fsp3) is 0.286. The summed E-state index contributed by atoms with van der Waals surface area (Å²) in [5.74, 6) is -0.333. The topological polar surface area (TPSA) is 37.4 Å². The third-order valence-electron chi connectivity index (χ3n) is 3.48. The Hall–Kier alpha value is -1.42. The molecule has 1 aliphatic heterocycles. The van der Waals surface area contributed by atoms with Crippen LogP contribution in [0.15, 0.2) is 36.4 Å². The van der Waals surface area contributed by atoms with Crippen molar-refractivity contribution in [1.29, 1.82) is 0 Å². The van der Waals surface area contributed by atoms with E-state index in [4.69, 9.17) is 0 Å². The summed E-state index contributed by atoms with van der Waals surface area (Å²) >= 11 is 3.57. The minimum atomic E-state index is -0.166. The highest BCUT2D eigenvalue weighted by atomic mass is 79.9. The van der Waals surface area contributed by atoms with Crippen LogP contribution in [0, 0.1) is 0 Å². The van der Waals surface area contributed by atoms with Crippen LogP contribution in [-0.4, -0.2) is 27.6 Å². The van der Waals surface area contributed by atoms with E-state index in [1.54, 1.807) is 24.3 Å². The van der Waals surface area contributed by atoms with E-state index >= 15 is 0 Å². The van der Waals surface area contributed by atoms with Gasteiger partial charge in [-0.3, -0.25) is 14.5 Å². The van der Waals surface area contributed by atoms with Crippen molar-refractivity contribution in [3.63, 3.8) is 0 Å². The second kappa shape index (κ2) is 4.35. The van der Waals surface area contributed by atoms with Gasteiger partial charge in [-0.05, 0) is 25.0 Å². The maximum Gasteiger partial charge on any atom is 0.261 e. The molecule has 1 aromatic carbocycles. The first-order valence-corrected chi connectivity index (χ1v) is 6.87. The Bertz CT molecular complexity index is 517. The van der Waals surface area contributed by atoms with Crippen molar-refractivity contribution in [3.8, 4) is 0 Å². The van der Waals surface area contributed by atoms with Gasteiger partial charge in [-0.25, -0.2) is 0 Å². The minimum absolute atomic E-state index is 0.0811.